The average molecular weight is 430 g/mol. The van der Waals surface area contributed by atoms with Crippen LogP contribution in [0.2, 0.25) is 0 Å². The zero-order valence-electron chi connectivity index (χ0n) is 17.0. The fraction of sp³-hybridized carbons (Fsp3) is 0.368. The van der Waals surface area contributed by atoms with Crippen molar-refractivity contribution in [3.8, 4) is 11.5 Å². The molecule has 3 N–H and O–H groups in total. The highest BCUT2D eigenvalue weighted by molar-refractivity contribution is 7.99. The molecule has 0 atom stereocenters. The van der Waals surface area contributed by atoms with Crippen molar-refractivity contribution in [2.75, 3.05) is 38.1 Å². The Kier molecular flexibility index (Phi) is 5.53. The van der Waals surface area contributed by atoms with Gasteiger partial charge in [0.05, 0.1) is 5.69 Å². The molecule has 3 aromatic rings. The summed E-state index contributed by atoms with van der Waals surface area (Å²) in [7, 11) is 3.92. The van der Waals surface area contributed by atoms with E-state index >= 15 is 0 Å². The van der Waals surface area contributed by atoms with Crippen LogP contribution in [0, 0.1) is 0 Å². The number of nitrogens with two attached hydrogens (primary N) is 1. The Labute approximate surface area is 177 Å². The third-order valence-electron chi connectivity index (χ3n) is 4.60. The van der Waals surface area contributed by atoms with Crippen LogP contribution in [0.4, 0.5) is 11.5 Å². The van der Waals surface area contributed by atoms with Gasteiger partial charge in [0.25, 0.3) is 0 Å². The molecule has 30 heavy (non-hydrogen) atoms. The summed E-state index contributed by atoms with van der Waals surface area (Å²) < 4.78 is 13.0. The predicted octanol–water partition coefficient (Wildman–Crippen LogP) is 1.88. The van der Waals surface area contributed by atoms with Crippen molar-refractivity contribution in [3.05, 3.63) is 18.5 Å². The molecule has 1 aliphatic heterocycles. The van der Waals surface area contributed by atoms with E-state index < -0.39 is 0 Å². The number of hydrogen-bond donors (Lipinski definition) is 2. The number of amides is 1. The highest BCUT2D eigenvalue weighted by atomic mass is 32.2. The second-order valence-electron chi connectivity index (χ2n) is 6.85. The van der Waals surface area contributed by atoms with Gasteiger partial charge >= 0.3 is 0 Å². The van der Waals surface area contributed by atoms with Crippen LogP contribution in [0.3, 0.4) is 0 Å². The first-order valence-corrected chi connectivity index (χ1v) is 10.3. The first-order chi connectivity index (χ1) is 14.5. The minimum absolute atomic E-state index is 0.0330. The quantitative estimate of drug-likeness (QED) is 0.580. The van der Waals surface area contributed by atoms with Crippen LogP contribution in [-0.4, -0.2) is 52.9 Å². The number of carbonyl (C=O) groups excluding carboxylic acids is 1. The molecular weight excluding hydrogens is 406 g/mol. The molecule has 0 bridgehead atoms. The minimum Gasteiger partial charge on any atom is -0.454 e. The number of ether oxygens (including phenoxy) is 2. The number of nitrogens with one attached hydrogen (secondary N) is 1. The van der Waals surface area contributed by atoms with E-state index in [9.17, 15) is 4.79 Å². The lowest BCUT2D eigenvalue weighted by Crippen LogP contribution is -2.24. The first kappa shape index (κ1) is 20.1. The van der Waals surface area contributed by atoms with Crippen LogP contribution in [-0.2, 0) is 11.3 Å². The molecule has 0 unspecified atom stereocenters. The lowest BCUT2D eigenvalue weighted by atomic mass is 10.2. The SMILES string of the molecule is CCNC(=O)CCn1c(Sc2cc3c(cc2N(C)C)OCO3)nc2c(N)ncnc21. The van der Waals surface area contributed by atoms with E-state index in [-0.39, 0.29) is 12.7 Å². The normalized spacial score (nSPS) is 12.4. The van der Waals surface area contributed by atoms with Gasteiger partial charge in [-0.1, -0.05) is 0 Å². The molecule has 0 spiro atoms. The summed E-state index contributed by atoms with van der Waals surface area (Å²) >= 11 is 1.45. The number of imidazole rings is 1. The van der Waals surface area contributed by atoms with Gasteiger partial charge in [0.15, 0.2) is 33.6 Å². The monoisotopic (exact) mass is 429 g/mol. The molecular formula is C19H23N7O3S. The highest BCUT2D eigenvalue weighted by Gasteiger charge is 2.22. The maximum atomic E-state index is 12.0. The molecule has 0 radical (unpaired) electrons. The van der Waals surface area contributed by atoms with E-state index in [0.29, 0.717) is 53.1 Å². The Morgan fingerprint density at radius 2 is 2.07 bits per heavy atom. The number of anilines is 2. The fourth-order valence-corrected chi connectivity index (χ4v) is 4.29. The van der Waals surface area contributed by atoms with Crippen molar-refractivity contribution >= 4 is 40.3 Å². The number of rotatable bonds is 7. The maximum Gasteiger partial charge on any atom is 0.231 e. The van der Waals surface area contributed by atoms with Crippen molar-refractivity contribution < 1.29 is 14.3 Å². The third kappa shape index (κ3) is 3.80. The van der Waals surface area contributed by atoms with Gasteiger partial charge in [-0.2, -0.15) is 0 Å². The first-order valence-electron chi connectivity index (χ1n) is 9.50. The molecule has 0 fully saturated rings. The number of benzene rings is 1. The minimum atomic E-state index is -0.0330. The van der Waals surface area contributed by atoms with Crippen LogP contribution in [0.5, 0.6) is 11.5 Å². The number of fused-ring (bicyclic) bond motifs is 2. The molecule has 1 aliphatic rings. The second-order valence-corrected chi connectivity index (χ2v) is 7.86. The summed E-state index contributed by atoms with van der Waals surface area (Å²) in [6.07, 6.45) is 1.71. The number of nitrogens with zero attached hydrogens (tertiary/aromatic N) is 5. The van der Waals surface area contributed by atoms with Crippen LogP contribution in [0.25, 0.3) is 11.2 Å². The van der Waals surface area contributed by atoms with Crippen LogP contribution < -0.4 is 25.4 Å². The summed E-state index contributed by atoms with van der Waals surface area (Å²) in [5.41, 5.74) is 8.11. The topological polar surface area (TPSA) is 120 Å². The van der Waals surface area contributed by atoms with Gasteiger partial charge in [-0.15, -0.1) is 0 Å². The van der Waals surface area contributed by atoms with E-state index in [1.54, 1.807) is 0 Å². The molecule has 3 heterocycles. The standard InChI is InChI=1S/C19H23N7O3S/c1-4-21-15(27)5-6-26-18-16(17(20)22-9-23-18)24-19(26)30-14-8-13-12(28-10-29-13)7-11(14)25(2)3/h7-9H,4-6,10H2,1-3H3,(H,21,27)(H2,20,22,23). The second kappa shape index (κ2) is 8.27. The van der Waals surface area contributed by atoms with Crippen molar-refractivity contribution in [1.82, 2.24) is 24.8 Å². The molecule has 10 nitrogen and oxygen atoms in total. The Hall–Kier alpha value is -3.21. The highest BCUT2D eigenvalue weighted by Crippen LogP contribution is 2.44. The summed E-state index contributed by atoms with van der Waals surface area (Å²) in [6, 6.07) is 3.88. The summed E-state index contributed by atoms with van der Waals surface area (Å²) in [4.78, 5) is 28.0. The summed E-state index contributed by atoms with van der Waals surface area (Å²) in [5.74, 6) is 1.67. The van der Waals surface area contributed by atoms with Gasteiger partial charge in [-0.3, -0.25) is 4.79 Å². The van der Waals surface area contributed by atoms with Crippen molar-refractivity contribution in [2.24, 2.45) is 0 Å². The zero-order chi connectivity index (χ0) is 21.3. The Morgan fingerprint density at radius 1 is 1.30 bits per heavy atom. The molecule has 0 saturated carbocycles. The van der Waals surface area contributed by atoms with Crippen molar-refractivity contribution in [1.29, 1.82) is 0 Å². The van der Waals surface area contributed by atoms with Gasteiger partial charge in [0.1, 0.15) is 6.33 Å². The molecule has 0 aliphatic carbocycles. The van der Waals surface area contributed by atoms with Gasteiger partial charge in [0.2, 0.25) is 12.7 Å². The molecule has 0 saturated heterocycles. The number of nitrogen functional groups attached to an aromatic ring is 1. The van der Waals surface area contributed by atoms with E-state index in [4.69, 9.17) is 15.2 Å². The molecule has 1 amide bonds. The van der Waals surface area contributed by atoms with Crippen molar-refractivity contribution in [2.45, 2.75) is 29.9 Å². The lowest BCUT2D eigenvalue weighted by molar-refractivity contribution is -0.121. The Balaban J connectivity index is 1.75. The zero-order valence-corrected chi connectivity index (χ0v) is 17.8. The fourth-order valence-electron chi connectivity index (χ4n) is 3.15. The summed E-state index contributed by atoms with van der Waals surface area (Å²) in [5, 5.41) is 3.48. The molecule has 2 aromatic heterocycles. The number of hydrogen-bond acceptors (Lipinski definition) is 9. The number of aryl methyl sites for hydroxylation is 1. The Morgan fingerprint density at radius 3 is 2.80 bits per heavy atom. The lowest BCUT2D eigenvalue weighted by Gasteiger charge is -2.18. The number of aromatic nitrogens is 4. The smallest absolute Gasteiger partial charge is 0.231 e. The third-order valence-corrected chi connectivity index (χ3v) is 5.64. The van der Waals surface area contributed by atoms with Crippen LogP contribution in [0.1, 0.15) is 13.3 Å². The molecule has 11 heteroatoms. The number of carbonyl (C=O) groups is 1. The Bertz CT molecular complexity index is 1100. The van der Waals surface area contributed by atoms with Gasteiger partial charge in [0, 0.05) is 50.6 Å². The predicted molar refractivity (Wildman–Crippen MR) is 114 cm³/mol. The largest absolute Gasteiger partial charge is 0.454 e. The van der Waals surface area contributed by atoms with E-state index in [2.05, 4.69) is 20.3 Å². The van der Waals surface area contributed by atoms with Crippen LogP contribution in [0.15, 0.2) is 28.5 Å². The van der Waals surface area contributed by atoms with Gasteiger partial charge in [-0.25, -0.2) is 15.0 Å². The molecule has 158 valence electrons. The molecule has 4 rings (SSSR count). The van der Waals surface area contributed by atoms with E-state index in [1.165, 1.54) is 18.1 Å². The van der Waals surface area contributed by atoms with E-state index in [0.717, 1.165) is 10.6 Å². The van der Waals surface area contributed by atoms with Gasteiger partial charge < -0.3 is 30.0 Å². The van der Waals surface area contributed by atoms with E-state index in [1.807, 2.05) is 42.6 Å². The average Bonchev–Trinajstić information content (AvgIpc) is 3.30. The van der Waals surface area contributed by atoms with Crippen molar-refractivity contribution in [3.63, 3.8) is 0 Å². The molecule has 1 aromatic carbocycles. The maximum absolute atomic E-state index is 12.0. The van der Waals surface area contributed by atoms with Gasteiger partial charge in [-0.05, 0) is 18.7 Å². The van der Waals surface area contributed by atoms with Crippen LogP contribution >= 0.6 is 11.8 Å². The summed E-state index contributed by atoms with van der Waals surface area (Å²) in [6.45, 7) is 3.10.